The number of likely N-dealkylation sites (N-methyl/N-ethyl adjacent to an activating group) is 1. The summed E-state index contributed by atoms with van der Waals surface area (Å²) in [6.45, 7) is 1.72. The van der Waals surface area contributed by atoms with Gasteiger partial charge >= 0.3 is 0 Å². The Morgan fingerprint density at radius 3 is 2.68 bits per heavy atom. The fourth-order valence-corrected chi connectivity index (χ4v) is 2.94. The summed E-state index contributed by atoms with van der Waals surface area (Å²) < 4.78 is 5.19. The molecule has 3 nitrogen and oxygen atoms in total. The maximum Gasteiger partial charge on any atom is 0.137 e. The summed E-state index contributed by atoms with van der Waals surface area (Å²) >= 11 is 6.20. The van der Waals surface area contributed by atoms with Gasteiger partial charge in [0.25, 0.3) is 0 Å². The Morgan fingerprint density at radius 1 is 1.47 bits per heavy atom. The van der Waals surface area contributed by atoms with Gasteiger partial charge in [0, 0.05) is 19.1 Å². The molecule has 0 amide bonds. The van der Waals surface area contributed by atoms with Crippen LogP contribution in [0.1, 0.15) is 30.9 Å². The van der Waals surface area contributed by atoms with Gasteiger partial charge in [0.05, 0.1) is 12.1 Å². The van der Waals surface area contributed by atoms with Crippen LogP contribution in [-0.4, -0.2) is 32.1 Å². The topological polar surface area (TPSA) is 38.5 Å². The predicted octanol–water partition coefficient (Wildman–Crippen LogP) is 3.08. The summed E-state index contributed by atoms with van der Waals surface area (Å²) in [4.78, 5) is 2.35. The van der Waals surface area contributed by atoms with E-state index in [9.17, 15) is 0 Å². The summed E-state index contributed by atoms with van der Waals surface area (Å²) in [6, 6.07) is 6.16. The van der Waals surface area contributed by atoms with Crippen molar-refractivity contribution < 1.29 is 4.74 Å². The Labute approximate surface area is 120 Å². The van der Waals surface area contributed by atoms with Gasteiger partial charge in [-0.05, 0) is 43.5 Å². The first-order chi connectivity index (χ1) is 9.15. The molecule has 1 saturated carbocycles. The molecule has 2 rings (SSSR count). The third-order valence-electron chi connectivity index (χ3n) is 4.09. The van der Waals surface area contributed by atoms with Gasteiger partial charge in [-0.15, -0.1) is 0 Å². The van der Waals surface area contributed by atoms with Gasteiger partial charge in [-0.3, -0.25) is 4.90 Å². The normalized spacial score (nSPS) is 17.3. The van der Waals surface area contributed by atoms with Crippen molar-refractivity contribution in [2.75, 3.05) is 27.2 Å². The number of benzene rings is 1. The zero-order valence-corrected chi connectivity index (χ0v) is 12.5. The van der Waals surface area contributed by atoms with E-state index in [1.54, 1.807) is 7.11 Å². The number of nitrogens with zero attached hydrogens (tertiary/aromatic N) is 1. The third-order valence-corrected chi connectivity index (χ3v) is 4.38. The van der Waals surface area contributed by atoms with Crippen molar-refractivity contribution in [3.05, 3.63) is 28.8 Å². The van der Waals surface area contributed by atoms with Crippen LogP contribution >= 0.6 is 11.6 Å². The Bertz CT molecular complexity index is 421. The Kier molecular flexibility index (Phi) is 5.08. The molecule has 0 spiro atoms. The first-order valence-electron chi connectivity index (χ1n) is 6.89. The Hall–Kier alpha value is -0.770. The van der Waals surface area contributed by atoms with Crippen LogP contribution in [0, 0.1) is 5.92 Å². The summed E-state index contributed by atoms with van der Waals surface area (Å²) in [6.07, 6.45) is 4.08. The summed E-state index contributed by atoms with van der Waals surface area (Å²) in [5.41, 5.74) is 7.11. The van der Waals surface area contributed by atoms with Gasteiger partial charge in [-0.2, -0.15) is 0 Å². The summed E-state index contributed by atoms with van der Waals surface area (Å²) in [7, 11) is 3.78. The standard InChI is InChI=1S/C15H23ClN2O/c1-18(10-11-4-3-5-11)14(9-17)12-6-7-15(19-2)13(16)8-12/h6-8,11,14H,3-5,9-10,17H2,1-2H3. The van der Waals surface area contributed by atoms with E-state index in [0.29, 0.717) is 17.3 Å². The minimum Gasteiger partial charge on any atom is -0.495 e. The molecule has 106 valence electrons. The predicted molar refractivity (Wildman–Crippen MR) is 79.8 cm³/mol. The average Bonchev–Trinajstić information content (AvgIpc) is 2.35. The zero-order valence-electron chi connectivity index (χ0n) is 11.7. The maximum atomic E-state index is 6.20. The molecular weight excluding hydrogens is 260 g/mol. The second kappa shape index (κ2) is 6.60. The summed E-state index contributed by atoms with van der Waals surface area (Å²) in [5.74, 6) is 1.55. The minimum atomic E-state index is 0.226. The van der Waals surface area contributed by atoms with E-state index in [0.717, 1.165) is 18.0 Å². The fraction of sp³-hybridized carbons (Fsp3) is 0.600. The highest BCUT2D eigenvalue weighted by molar-refractivity contribution is 6.32. The number of ether oxygens (including phenoxy) is 1. The quantitative estimate of drug-likeness (QED) is 0.871. The van der Waals surface area contributed by atoms with Crippen LogP contribution in [-0.2, 0) is 0 Å². The second-order valence-corrected chi connectivity index (χ2v) is 5.79. The van der Waals surface area contributed by atoms with Crippen LogP contribution in [0.25, 0.3) is 0 Å². The van der Waals surface area contributed by atoms with Crippen molar-refractivity contribution in [1.82, 2.24) is 4.90 Å². The van der Waals surface area contributed by atoms with Gasteiger partial charge in [-0.25, -0.2) is 0 Å². The van der Waals surface area contributed by atoms with Crippen molar-refractivity contribution in [3.63, 3.8) is 0 Å². The molecule has 1 unspecified atom stereocenters. The van der Waals surface area contributed by atoms with Crippen molar-refractivity contribution in [1.29, 1.82) is 0 Å². The molecule has 0 radical (unpaired) electrons. The molecule has 1 aromatic rings. The molecule has 0 aromatic heterocycles. The maximum absolute atomic E-state index is 6.20. The smallest absolute Gasteiger partial charge is 0.137 e. The molecule has 1 atom stereocenters. The number of hydrogen-bond acceptors (Lipinski definition) is 3. The molecule has 2 N–H and O–H groups in total. The molecule has 1 aliphatic rings. The molecule has 1 aliphatic carbocycles. The molecule has 0 bridgehead atoms. The largest absolute Gasteiger partial charge is 0.495 e. The van der Waals surface area contributed by atoms with Gasteiger partial charge in [0.1, 0.15) is 5.75 Å². The van der Waals surface area contributed by atoms with E-state index in [1.165, 1.54) is 19.3 Å². The molecule has 1 fully saturated rings. The third kappa shape index (κ3) is 3.41. The van der Waals surface area contributed by atoms with Gasteiger partial charge in [-0.1, -0.05) is 24.1 Å². The number of methoxy groups -OCH3 is 1. The van der Waals surface area contributed by atoms with Gasteiger partial charge < -0.3 is 10.5 Å². The molecule has 0 aliphatic heterocycles. The molecule has 0 saturated heterocycles. The van der Waals surface area contributed by atoms with Crippen LogP contribution in [0.5, 0.6) is 5.75 Å². The summed E-state index contributed by atoms with van der Waals surface area (Å²) in [5, 5.41) is 0.649. The molecule has 1 aromatic carbocycles. The fourth-order valence-electron chi connectivity index (χ4n) is 2.67. The van der Waals surface area contributed by atoms with Crippen molar-refractivity contribution in [2.24, 2.45) is 11.7 Å². The van der Waals surface area contributed by atoms with Crippen LogP contribution in [0.2, 0.25) is 5.02 Å². The first kappa shape index (κ1) is 14.6. The number of rotatable bonds is 6. The Morgan fingerprint density at radius 2 is 2.21 bits per heavy atom. The van der Waals surface area contributed by atoms with Crippen LogP contribution < -0.4 is 10.5 Å². The van der Waals surface area contributed by atoms with Crippen LogP contribution in [0.4, 0.5) is 0 Å². The minimum absolute atomic E-state index is 0.226. The van der Waals surface area contributed by atoms with Crippen LogP contribution in [0.15, 0.2) is 18.2 Å². The first-order valence-corrected chi connectivity index (χ1v) is 7.27. The SMILES string of the molecule is COc1ccc(C(CN)N(C)CC2CCC2)cc1Cl. The monoisotopic (exact) mass is 282 g/mol. The molecule has 19 heavy (non-hydrogen) atoms. The zero-order chi connectivity index (χ0) is 13.8. The van der Waals surface area contributed by atoms with Crippen molar-refractivity contribution in [2.45, 2.75) is 25.3 Å². The molecular formula is C15H23ClN2O. The van der Waals surface area contributed by atoms with E-state index in [4.69, 9.17) is 22.1 Å². The van der Waals surface area contributed by atoms with Gasteiger partial charge in [0.2, 0.25) is 0 Å². The molecule has 0 heterocycles. The Balaban J connectivity index is 2.09. The van der Waals surface area contributed by atoms with Crippen LogP contribution in [0.3, 0.4) is 0 Å². The lowest BCUT2D eigenvalue weighted by Crippen LogP contribution is -2.36. The van der Waals surface area contributed by atoms with Crippen molar-refractivity contribution >= 4 is 11.6 Å². The number of nitrogens with two attached hydrogens (primary N) is 1. The van der Waals surface area contributed by atoms with E-state index < -0.39 is 0 Å². The lowest BCUT2D eigenvalue weighted by molar-refractivity contribution is 0.165. The number of hydrogen-bond donors (Lipinski definition) is 1. The van der Waals surface area contributed by atoms with Crippen molar-refractivity contribution in [3.8, 4) is 5.75 Å². The average molecular weight is 283 g/mol. The van der Waals surface area contributed by atoms with Gasteiger partial charge in [0.15, 0.2) is 0 Å². The lowest BCUT2D eigenvalue weighted by atomic mass is 9.85. The molecule has 4 heteroatoms. The number of halogens is 1. The van der Waals surface area contributed by atoms with E-state index in [-0.39, 0.29) is 6.04 Å². The van der Waals surface area contributed by atoms with E-state index in [2.05, 4.69) is 18.0 Å². The highest BCUT2D eigenvalue weighted by atomic mass is 35.5. The highest BCUT2D eigenvalue weighted by Gasteiger charge is 2.23. The van der Waals surface area contributed by atoms with E-state index in [1.807, 2.05) is 12.1 Å². The second-order valence-electron chi connectivity index (χ2n) is 5.38. The highest BCUT2D eigenvalue weighted by Crippen LogP contribution is 2.32. The lowest BCUT2D eigenvalue weighted by Gasteiger charge is -2.34. The van der Waals surface area contributed by atoms with E-state index >= 15 is 0 Å².